The molecule has 2 aromatic rings. The Kier molecular flexibility index (Phi) is 7.70. The number of amides is 2. The monoisotopic (exact) mass is 401 g/mol. The first-order chi connectivity index (χ1) is 13.9. The summed E-state index contributed by atoms with van der Waals surface area (Å²) in [6, 6.07) is 10.9. The van der Waals surface area contributed by atoms with Crippen LogP contribution in [-0.4, -0.2) is 53.8 Å². The molecule has 29 heavy (non-hydrogen) atoms. The second kappa shape index (κ2) is 10.2. The van der Waals surface area contributed by atoms with Crippen molar-refractivity contribution in [2.75, 3.05) is 46.9 Å². The van der Waals surface area contributed by atoms with Gasteiger partial charge in [0.25, 0.3) is 5.91 Å². The van der Waals surface area contributed by atoms with Gasteiger partial charge in [-0.3, -0.25) is 9.59 Å². The van der Waals surface area contributed by atoms with Gasteiger partial charge in [0.1, 0.15) is 0 Å². The number of rotatable bonds is 9. The first-order valence-electron chi connectivity index (χ1n) is 9.00. The Bertz CT molecular complexity index is 825. The average Bonchev–Trinajstić information content (AvgIpc) is 2.74. The summed E-state index contributed by atoms with van der Waals surface area (Å²) >= 11 is 0. The number of nitrogens with zero attached hydrogens (tertiary/aromatic N) is 1. The van der Waals surface area contributed by atoms with Crippen LogP contribution in [0.15, 0.2) is 36.4 Å². The second-order valence-corrected chi connectivity index (χ2v) is 6.43. The maximum absolute atomic E-state index is 12.4. The van der Waals surface area contributed by atoms with E-state index >= 15 is 0 Å². The van der Waals surface area contributed by atoms with E-state index in [1.165, 1.54) is 33.5 Å². The highest BCUT2D eigenvalue weighted by molar-refractivity contribution is 5.97. The molecule has 156 valence electrons. The third-order valence-corrected chi connectivity index (χ3v) is 4.28. The SMILES string of the molecule is COc1cc(C(=O)NCC(=O)NCc2ccc(N(C)C)cc2)cc(OC)c1OC. The minimum absolute atomic E-state index is 0.148. The molecule has 2 N–H and O–H groups in total. The molecule has 0 aliphatic heterocycles. The molecule has 0 fully saturated rings. The Balaban J connectivity index is 1.92. The fraction of sp³-hybridized carbons (Fsp3) is 0.333. The lowest BCUT2D eigenvalue weighted by Crippen LogP contribution is -2.36. The summed E-state index contributed by atoms with van der Waals surface area (Å²) < 4.78 is 15.7. The summed E-state index contributed by atoms with van der Waals surface area (Å²) in [7, 11) is 8.36. The highest BCUT2D eigenvalue weighted by Crippen LogP contribution is 2.38. The van der Waals surface area contributed by atoms with Gasteiger partial charge in [-0.15, -0.1) is 0 Å². The minimum Gasteiger partial charge on any atom is -0.493 e. The molecule has 0 spiro atoms. The lowest BCUT2D eigenvalue weighted by molar-refractivity contribution is -0.120. The quantitative estimate of drug-likeness (QED) is 0.666. The molecular weight excluding hydrogens is 374 g/mol. The van der Waals surface area contributed by atoms with Crippen LogP contribution in [0.1, 0.15) is 15.9 Å². The molecule has 2 aromatic carbocycles. The van der Waals surface area contributed by atoms with E-state index in [1.807, 2.05) is 43.3 Å². The Hall–Kier alpha value is -3.42. The predicted octanol–water partition coefficient (Wildman–Crippen LogP) is 1.82. The van der Waals surface area contributed by atoms with E-state index in [1.54, 1.807) is 0 Å². The van der Waals surface area contributed by atoms with E-state index < -0.39 is 5.91 Å². The van der Waals surface area contributed by atoms with Gasteiger partial charge in [-0.1, -0.05) is 12.1 Å². The predicted molar refractivity (Wildman–Crippen MR) is 111 cm³/mol. The number of hydrogen-bond acceptors (Lipinski definition) is 6. The fourth-order valence-corrected chi connectivity index (χ4v) is 2.65. The molecule has 0 saturated carbocycles. The van der Waals surface area contributed by atoms with Gasteiger partial charge >= 0.3 is 0 Å². The maximum Gasteiger partial charge on any atom is 0.251 e. The summed E-state index contributed by atoms with van der Waals surface area (Å²) in [4.78, 5) is 26.5. The largest absolute Gasteiger partial charge is 0.493 e. The van der Waals surface area contributed by atoms with E-state index in [0.29, 0.717) is 29.4 Å². The van der Waals surface area contributed by atoms with Crippen LogP contribution in [0.2, 0.25) is 0 Å². The van der Waals surface area contributed by atoms with Gasteiger partial charge in [-0.25, -0.2) is 0 Å². The molecular formula is C21H27N3O5. The van der Waals surface area contributed by atoms with Gasteiger partial charge < -0.3 is 29.7 Å². The zero-order chi connectivity index (χ0) is 21.4. The topological polar surface area (TPSA) is 89.1 Å². The molecule has 8 nitrogen and oxygen atoms in total. The highest BCUT2D eigenvalue weighted by Gasteiger charge is 2.17. The molecule has 8 heteroatoms. The zero-order valence-corrected chi connectivity index (χ0v) is 17.4. The van der Waals surface area contributed by atoms with Crippen LogP contribution < -0.4 is 29.7 Å². The van der Waals surface area contributed by atoms with Crippen molar-refractivity contribution < 1.29 is 23.8 Å². The number of nitrogens with one attached hydrogen (secondary N) is 2. The molecule has 2 rings (SSSR count). The number of benzene rings is 2. The van der Waals surface area contributed by atoms with E-state index in [4.69, 9.17) is 14.2 Å². The third-order valence-electron chi connectivity index (χ3n) is 4.28. The van der Waals surface area contributed by atoms with Crippen molar-refractivity contribution in [1.29, 1.82) is 0 Å². The fourth-order valence-electron chi connectivity index (χ4n) is 2.65. The summed E-state index contributed by atoms with van der Waals surface area (Å²) in [6.45, 7) is 0.234. The molecule has 0 aliphatic rings. The Morgan fingerprint density at radius 2 is 1.48 bits per heavy atom. The average molecular weight is 401 g/mol. The Labute approximate surface area is 170 Å². The van der Waals surface area contributed by atoms with Gasteiger partial charge in [0, 0.05) is 31.9 Å². The molecule has 0 atom stereocenters. The van der Waals surface area contributed by atoms with E-state index in [-0.39, 0.29) is 12.5 Å². The van der Waals surface area contributed by atoms with Gasteiger partial charge in [-0.05, 0) is 29.8 Å². The lowest BCUT2D eigenvalue weighted by Gasteiger charge is -2.14. The maximum atomic E-state index is 12.4. The highest BCUT2D eigenvalue weighted by atomic mass is 16.5. The molecule has 0 heterocycles. The standard InChI is InChI=1S/C21H27N3O5/c1-24(2)16-8-6-14(7-9-16)12-22-19(25)13-23-21(26)15-10-17(27-3)20(29-5)18(11-15)28-4/h6-11H,12-13H2,1-5H3,(H,22,25)(H,23,26). The van der Waals surface area contributed by atoms with E-state index in [9.17, 15) is 9.59 Å². The van der Waals surface area contributed by atoms with Crippen molar-refractivity contribution in [2.45, 2.75) is 6.54 Å². The van der Waals surface area contributed by atoms with Crippen LogP contribution in [0.5, 0.6) is 17.2 Å². The van der Waals surface area contributed by atoms with Crippen molar-refractivity contribution in [3.05, 3.63) is 47.5 Å². The molecule has 0 bridgehead atoms. The van der Waals surface area contributed by atoms with Crippen LogP contribution in [-0.2, 0) is 11.3 Å². The molecule has 0 aromatic heterocycles. The lowest BCUT2D eigenvalue weighted by atomic mass is 10.1. The number of carbonyl (C=O) groups excluding carboxylic acids is 2. The first kappa shape index (κ1) is 21.9. The molecule has 0 saturated heterocycles. The Morgan fingerprint density at radius 1 is 0.897 bits per heavy atom. The zero-order valence-electron chi connectivity index (χ0n) is 17.4. The molecule has 0 radical (unpaired) electrons. The second-order valence-electron chi connectivity index (χ2n) is 6.43. The van der Waals surface area contributed by atoms with Gasteiger partial charge in [0.2, 0.25) is 11.7 Å². The van der Waals surface area contributed by atoms with Crippen molar-refractivity contribution in [1.82, 2.24) is 10.6 Å². The van der Waals surface area contributed by atoms with Crippen LogP contribution >= 0.6 is 0 Å². The molecule has 2 amide bonds. The van der Waals surface area contributed by atoms with Crippen molar-refractivity contribution in [3.63, 3.8) is 0 Å². The van der Waals surface area contributed by atoms with Crippen molar-refractivity contribution >= 4 is 17.5 Å². The first-order valence-corrected chi connectivity index (χ1v) is 9.00. The molecule has 0 aliphatic carbocycles. The van der Waals surface area contributed by atoms with Gasteiger partial charge in [0.15, 0.2) is 11.5 Å². The number of ether oxygens (including phenoxy) is 3. The summed E-state index contributed by atoms with van der Waals surface area (Å²) in [5.41, 5.74) is 2.35. The molecule has 0 unspecified atom stereocenters. The van der Waals surface area contributed by atoms with Crippen LogP contribution in [0.3, 0.4) is 0 Å². The van der Waals surface area contributed by atoms with Crippen LogP contribution in [0.4, 0.5) is 5.69 Å². The summed E-state index contributed by atoms with van der Waals surface area (Å²) in [5.74, 6) is 0.409. The minimum atomic E-state index is -0.422. The van der Waals surface area contributed by atoms with Gasteiger partial charge in [-0.2, -0.15) is 0 Å². The summed E-state index contributed by atoms with van der Waals surface area (Å²) in [6.07, 6.45) is 0. The van der Waals surface area contributed by atoms with Crippen LogP contribution in [0, 0.1) is 0 Å². The number of hydrogen-bond donors (Lipinski definition) is 2. The normalized spacial score (nSPS) is 10.1. The number of carbonyl (C=O) groups is 2. The van der Waals surface area contributed by atoms with Gasteiger partial charge in [0.05, 0.1) is 27.9 Å². The number of anilines is 1. The van der Waals surface area contributed by atoms with E-state index in [0.717, 1.165) is 11.3 Å². The summed E-state index contributed by atoms with van der Waals surface area (Å²) in [5, 5.41) is 5.37. The van der Waals surface area contributed by atoms with Crippen molar-refractivity contribution in [2.24, 2.45) is 0 Å². The van der Waals surface area contributed by atoms with Crippen LogP contribution in [0.25, 0.3) is 0 Å². The number of methoxy groups -OCH3 is 3. The van der Waals surface area contributed by atoms with Crippen molar-refractivity contribution in [3.8, 4) is 17.2 Å². The Morgan fingerprint density at radius 3 is 1.97 bits per heavy atom. The smallest absolute Gasteiger partial charge is 0.251 e. The van der Waals surface area contributed by atoms with E-state index in [2.05, 4.69) is 10.6 Å². The third kappa shape index (κ3) is 5.78.